The van der Waals surface area contributed by atoms with Gasteiger partial charge in [-0.25, -0.2) is 0 Å². The summed E-state index contributed by atoms with van der Waals surface area (Å²) in [6.45, 7) is 4.08. The molecule has 2 N–H and O–H groups in total. The minimum absolute atomic E-state index is 0.309. The lowest BCUT2D eigenvalue weighted by Crippen LogP contribution is -2.22. The molecule has 4 heteroatoms. The molecule has 15 heavy (non-hydrogen) atoms. The summed E-state index contributed by atoms with van der Waals surface area (Å²) in [5, 5.41) is 6.96. The van der Waals surface area contributed by atoms with Crippen LogP contribution in [0.15, 0.2) is 23.3 Å². The van der Waals surface area contributed by atoms with Crippen molar-refractivity contribution in [1.82, 2.24) is 0 Å². The van der Waals surface area contributed by atoms with Crippen LogP contribution in [0.1, 0.15) is 18.9 Å². The van der Waals surface area contributed by atoms with E-state index in [1.807, 2.05) is 30.1 Å². The zero-order valence-electron chi connectivity index (χ0n) is 8.87. The van der Waals surface area contributed by atoms with Gasteiger partial charge in [0.15, 0.2) is 0 Å². The van der Waals surface area contributed by atoms with Gasteiger partial charge in [-0.3, -0.25) is 5.01 Å². The number of nitrogens with two attached hydrogens (primary N) is 1. The zero-order valence-corrected chi connectivity index (χ0v) is 9.62. The first-order valence-corrected chi connectivity index (χ1v) is 5.34. The van der Waals surface area contributed by atoms with Crippen LogP contribution < -0.4 is 10.7 Å². The first kappa shape index (κ1) is 10.3. The Balaban J connectivity index is 2.34. The highest BCUT2D eigenvalue weighted by molar-refractivity contribution is 6.31. The lowest BCUT2D eigenvalue weighted by atomic mass is 10.2. The van der Waals surface area contributed by atoms with Gasteiger partial charge in [0.2, 0.25) is 0 Å². The molecule has 0 aromatic heterocycles. The lowest BCUT2D eigenvalue weighted by Gasteiger charge is -2.20. The van der Waals surface area contributed by atoms with E-state index in [-0.39, 0.29) is 0 Å². The summed E-state index contributed by atoms with van der Waals surface area (Å²) in [5.41, 5.74) is 7.77. The summed E-state index contributed by atoms with van der Waals surface area (Å²) in [4.78, 5) is 0. The average Bonchev–Trinajstić information content (AvgIpc) is 2.50. The number of rotatable bonds is 1. The number of benzene rings is 1. The topological polar surface area (TPSA) is 41.6 Å². The molecule has 0 saturated heterocycles. The maximum atomic E-state index is 6.07. The van der Waals surface area contributed by atoms with Crippen molar-refractivity contribution >= 4 is 23.1 Å². The summed E-state index contributed by atoms with van der Waals surface area (Å²) in [5.74, 6) is 0.680. The number of nitrogens with zero attached hydrogens (tertiary/aromatic N) is 2. The van der Waals surface area contributed by atoms with Crippen LogP contribution in [0.4, 0.5) is 5.69 Å². The Kier molecular flexibility index (Phi) is 2.57. The largest absolute Gasteiger partial charge is 0.386 e. The van der Waals surface area contributed by atoms with E-state index in [1.54, 1.807) is 0 Å². The third-order valence-corrected chi connectivity index (χ3v) is 2.99. The second kappa shape index (κ2) is 3.74. The van der Waals surface area contributed by atoms with Crippen LogP contribution in [0.3, 0.4) is 0 Å². The average molecular weight is 224 g/mol. The molecule has 1 atom stereocenters. The van der Waals surface area contributed by atoms with Crippen molar-refractivity contribution in [2.45, 2.75) is 26.3 Å². The summed E-state index contributed by atoms with van der Waals surface area (Å²) in [6, 6.07) is 6.24. The molecular weight excluding hydrogens is 210 g/mol. The van der Waals surface area contributed by atoms with Crippen LogP contribution in [0.2, 0.25) is 5.02 Å². The molecule has 1 unspecified atom stereocenters. The molecule has 1 heterocycles. The van der Waals surface area contributed by atoms with Crippen molar-refractivity contribution < 1.29 is 0 Å². The van der Waals surface area contributed by atoms with Gasteiger partial charge in [0.25, 0.3) is 0 Å². The van der Waals surface area contributed by atoms with Gasteiger partial charge in [-0.05, 0) is 31.5 Å². The van der Waals surface area contributed by atoms with Crippen LogP contribution in [0.25, 0.3) is 0 Å². The highest BCUT2D eigenvalue weighted by atomic mass is 35.5. The Labute approximate surface area is 94.5 Å². The van der Waals surface area contributed by atoms with Crippen molar-refractivity contribution in [2.24, 2.45) is 10.8 Å². The van der Waals surface area contributed by atoms with E-state index in [0.29, 0.717) is 11.9 Å². The number of anilines is 1. The zero-order chi connectivity index (χ0) is 11.0. The molecule has 0 amide bonds. The molecule has 0 aliphatic carbocycles. The monoisotopic (exact) mass is 223 g/mol. The van der Waals surface area contributed by atoms with Crippen LogP contribution in [-0.2, 0) is 0 Å². The second-order valence-corrected chi connectivity index (χ2v) is 4.33. The van der Waals surface area contributed by atoms with E-state index in [1.165, 1.54) is 0 Å². The molecule has 1 aliphatic heterocycles. The summed E-state index contributed by atoms with van der Waals surface area (Å²) in [6.07, 6.45) is 0.811. The first-order valence-electron chi connectivity index (χ1n) is 4.96. The SMILES string of the molecule is Cc1ccc(N2N=C(N)CC2C)cc1Cl. The molecule has 80 valence electrons. The number of hydrogen-bond acceptors (Lipinski definition) is 3. The first-order chi connectivity index (χ1) is 7.08. The molecule has 1 aromatic rings. The standard InChI is InChI=1S/C11H14ClN3/c1-7-3-4-9(6-10(7)12)15-8(2)5-11(13)14-15/h3-4,6,8H,5H2,1-2H3,(H2,13,14). The minimum Gasteiger partial charge on any atom is -0.386 e. The predicted molar refractivity (Wildman–Crippen MR) is 64.4 cm³/mol. The normalized spacial score (nSPS) is 20.6. The van der Waals surface area contributed by atoms with Gasteiger partial charge in [-0.1, -0.05) is 17.7 Å². The van der Waals surface area contributed by atoms with Crippen molar-refractivity contribution in [3.05, 3.63) is 28.8 Å². The maximum Gasteiger partial charge on any atom is 0.122 e. The van der Waals surface area contributed by atoms with Crippen LogP contribution >= 0.6 is 11.6 Å². The molecule has 2 rings (SSSR count). The molecule has 0 fully saturated rings. The molecule has 0 saturated carbocycles. The molecular formula is C11H14ClN3. The molecule has 1 aromatic carbocycles. The third kappa shape index (κ3) is 1.92. The fourth-order valence-corrected chi connectivity index (χ4v) is 1.88. The Bertz CT molecular complexity index is 414. The quantitative estimate of drug-likeness (QED) is 0.795. The molecule has 0 spiro atoms. The lowest BCUT2D eigenvalue weighted by molar-refractivity contribution is 0.723. The Morgan fingerprint density at radius 2 is 2.27 bits per heavy atom. The van der Waals surface area contributed by atoms with E-state index >= 15 is 0 Å². The summed E-state index contributed by atoms with van der Waals surface area (Å²) < 4.78 is 0. The van der Waals surface area contributed by atoms with Gasteiger partial charge >= 0.3 is 0 Å². The van der Waals surface area contributed by atoms with Crippen molar-refractivity contribution in [3.8, 4) is 0 Å². The Morgan fingerprint density at radius 3 is 2.80 bits per heavy atom. The van der Waals surface area contributed by atoms with Crippen molar-refractivity contribution in [3.63, 3.8) is 0 Å². The minimum atomic E-state index is 0.309. The van der Waals surface area contributed by atoms with Gasteiger partial charge in [0.1, 0.15) is 5.84 Å². The van der Waals surface area contributed by atoms with Gasteiger partial charge in [0, 0.05) is 11.4 Å². The second-order valence-electron chi connectivity index (χ2n) is 3.92. The summed E-state index contributed by atoms with van der Waals surface area (Å²) in [7, 11) is 0. The van der Waals surface area contributed by atoms with Gasteiger partial charge in [-0.15, -0.1) is 0 Å². The number of hydrazone groups is 1. The predicted octanol–water partition coefficient (Wildman–Crippen LogP) is 2.52. The van der Waals surface area contributed by atoms with Gasteiger partial charge in [-0.2, -0.15) is 5.10 Å². The number of hydrogen-bond donors (Lipinski definition) is 1. The number of aryl methyl sites for hydroxylation is 1. The Morgan fingerprint density at radius 1 is 1.53 bits per heavy atom. The smallest absolute Gasteiger partial charge is 0.122 e. The third-order valence-electron chi connectivity index (χ3n) is 2.58. The van der Waals surface area contributed by atoms with E-state index < -0.39 is 0 Å². The highest BCUT2D eigenvalue weighted by Gasteiger charge is 2.22. The van der Waals surface area contributed by atoms with E-state index in [9.17, 15) is 0 Å². The molecule has 0 radical (unpaired) electrons. The summed E-state index contributed by atoms with van der Waals surface area (Å²) >= 11 is 6.07. The Hall–Kier alpha value is -1.22. The van der Waals surface area contributed by atoms with E-state index in [2.05, 4.69) is 12.0 Å². The fraction of sp³-hybridized carbons (Fsp3) is 0.364. The van der Waals surface area contributed by atoms with E-state index in [0.717, 1.165) is 22.7 Å². The van der Waals surface area contributed by atoms with Crippen LogP contribution in [0.5, 0.6) is 0 Å². The molecule has 0 bridgehead atoms. The maximum absolute atomic E-state index is 6.07. The van der Waals surface area contributed by atoms with Crippen molar-refractivity contribution in [1.29, 1.82) is 0 Å². The van der Waals surface area contributed by atoms with Crippen molar-refractivity contribution in [2.75, 3.05) is 5.01 Å². The van der Waals surface area contributed by atoms with Crippen LogP contribution in [-0.4, -0.2) is 11.9 Å². The molecule has 1 aliphatic rings. The highest BCUT2D eigenvalue weighted by Crippen LogP contribution is 2.27. The number of amidine groups is 1. The van der Waals surface area contributed by atoms with Crippen LogP contribution in [0, 0.1) is 6.92 Å². The van der Waals surface area contributed by atoms with Gasteiger partial charge in [0.05, 0.1) is 11.7 Å². The number of halogens is 1. The fourth-order valence-electron chi connectivity index (χ4n) is 1.70. The van der Waals surface area contributed by atoms with E-state index in [4.69, 9.17) is 17.3 Å². The molecule has 3 nitrogen and oxygen atoms in total. The van der Waals surface area contributed by atoms with Gasteiger partial charge < -0.3 is 5.73 Å².